The van der Waals surface area contributed by atoms with E-state index in [1.165, 1.54) is 18.2 Å². The number of nitrogens with zero attached hydrogens (tertiary/aromatic N) is 3. The Hall–Kier alpha value is -2.51. The summed E-state index contributed by atoms with van der Waals surface area (Å²) in [5.74, 6) is -0.241. The molecule has 150 valence electrons. The molecule has 1 fully saturated rings. The van der Waals surface area contributed by atoms with Gasteiger partial charge in [-0.3, -0.25) is 10.1 Å². The van der Waals surface area contributed by atoms with Crippen molar-refractivity contribution in [2.75, 3.05) is 37.6 Å². The lowest BCUT2D eigenvalue weighted by Gasteiger charge is -2.37. The van der Waals surface area contributed by atoms with E-state index in [1.807, 2.05) is 13.0 Å². The van der Waals surface area contributed by atoms with Crippen molar-refractivity contribution in [2.24, 2.45) is 0 Å². The molecule has 2 aromatic carbocycles. The summed E-state index contributed by atoms with van der Waals surface area (Å²) in [6.07, 6.45) is 0. The fraction of sp³-hybridized carbons (Fsp3) is 0.429. The number of hydrogen-bond acceptors (Lipinski definition) is 5. The van der Waals surface area contributed by atoms with Gasteiger partial charge in [-0.15, -0.1) is 0 Å². The van der Waals surface area contributed by atoms with Gasteiger partial charge in [0.2, 0.25) is 0 Å². The van der Waals surface area contributed by atoms with Crippen molar-refractivity contribution >= 4 is 11.4 Å². The van der Waals surface area contributed by atoms with Crippen molar-refractivity contribution in [3.05, 3.63) is 69.5 Å². The third-order valence-electron chi connectivity index (χ3n) is 5.38. The normalized spacial score (nSPS) is 16.2. The van der Waals surface area contributed by atoms with Crippen molar-refractivity contribution in [3.63, 3.8) is 0 Å². The van der Waals surface area contributed by atoms with E-state index in [0.717, 1.165) is 49.5 Å². The fourth-order valence-corrected chi connectivity index (χ4v) is 3.58. The molecular weight excluding hydrogens is 359 g/mol. The van der Waals surface area contributed by atoms with Crippen molar-refractivity contribution in [1.29, 1.82) is 0 Å². The second kappa shape index (κ2) is 9.12. The van der Waals surface area contributed by atoms with Crippen LogP contribution >= 0.6 is 0 Å². The van der Waals surface area contributed by atoms with E-state index in [9.17, 15) is 14.5 Å². The molecule has 0 aliphatic carbocycles. The van der Waals surface area contributed by atoms with E-state index >= 15 is 0 Å². The first-order chi connectivity index (χ1) is 13.5. The highest BCUT2D eigenvalue weighted by atomic mass is 19.1. The Morgan fingerprint density at radius 2 is 1.82 bits per heavy atom. The van der Waals surface area contributed by atoms with Crippen LogP contribution in [0.5, 0.6) is 0 Å². The van der Waals surface area contributed by atoms with Crippen LogP contribution in [0.15, 0.2) is 42.5 Å². The van der Waals surface area contributed by atoms with Gasteiger partial charge in [-0.25, -0.2) is 4.39 Å². The molecule has 1 aliphatic rings. The summed E-state index contributed by atoms with van der Waals surface area (Å²) in [6, 6.07) is 11.4. The number of halogens is 1. The van der Waals surface area contributed by atoms with E-state index < -0.39 is 4.92 Å². The quantitative estimate of drug-likeness (QED) is 0.580. The van der Waals surface area contributed by atoms with Gasteiger partial charge in [0.15, 0.2) is 0 Å². The first-order valence-corrected chi connectivity index (χ1v) is 9.71. The Balaban J connectivity index is 1.69. The third-order valence-corrected chi connectivity index (χ3v) is 5.38. The molecule has 0 amide bonds. The molecule has 0 bridgehead atoms. The number of piperazine rings is 1. The SMILES string of the molecule is CCN1CCN(c2ccc(F)cc2C(C)NCc2ccc([N+](=O)[O-])cc2)CC1. The van der Waals surface area contributed by atoms with Crippen LogP contribution in [-0.2, 0) is 6.54 Å². The second-order valence-electron chi connectivity index (χ2n) is 7.15. The molecule has 1 N–H and O–H groups in total. The number of anilines is 1. The highest BCUT2D eigenvalue weighted by molar-refractivity contribution is 5.55. The van der Waals surface area contributed by atoms with Crippen LogP contribution in [-0.4, -0.2) is 42.5 Å². The zero-order valence-electron chi connectivity index (χ0n) is 16.4. The Kier molecular flexibility index (Phi) is 6.59. The van der Waals surface area contributed by atoms with E-state index in [1.54, 1.807) is 18.2 Å². The molecule has 0 radical (unpaired) electrons. The number of nitro benzene ring substituents is 1. The summed E-state index contributed by atoms with van der Waals surface area (Å²) in [7, 11) is 0. The van der Waals surface area contributed by atoms with Gasteiger partial charge in [0.05, 0.1) is 4.92 Å². The molecule has 0 spiro atoms. The van der Waals surface area contributed by atoms with Crippen LogP contribution in [0.2, 0.25) is 0 Å². The highest BCUT2D eigenvalue weighted by Crippen LogP contribution is 2.28. The number of nitro groups is 1. The van der Waals surface area contributed by atoms with Crippen LogP contribution in [0, 0.1) is 15.9 Å². The maximum Gasteiger partial charge on any atom is 0.269 e. The molecule has 28 heavy (non-hydrogen) atoms. The van der Waals surface area contributed by atoms with Gasteiger partial charge in [0, 0.05) is 56.6 Å². The highest BCUT2D eigenvalue weighted by Gasteiger charge is 2.21. The Morgan fingerprint density at radius 1 is 1.14 bits per heavy atom. The summed E-state index contributed by atoms with van der Waals surface area (Å²) in [5.41, 5.74) is 3.04. The van der Waals surface area contributed by atoms with Gasteiger partial charge >= 0.3 is 0 Å². The lowest BCUT2D eigenvalue weighted by molar-refractivity contribution is -0.384. The minimum absolute atomic E-state index is 0.0508. The topological polar surface area (TPSA) is 61.6 Å². The van der Waals surface area contributed by atoms with E-state index in [0.29, 0.717) is 6.54 Å². The van der Waals surface area contributed by atoms with Gasteiger partial charge in [-0.05, 0) is 42.8 Å². The van der Waals surface area contributed by atoms with Gasteiger partial charge in [-0.2, -0.15) is 0 Å². The standard InChI is InChI=1S/C21H27FN4O2/c1-3-24-10-12-25(13-11-24)21-9-6-18(22)14-20(21)16(2)23-15-17-4-7-19(8-5-17)26(27)28/h4-9,14,16,23H,3,10-13,15H2,1-2H3. The van der Waals surface area contributed by atoms with E-state index in [4.69, 9.17) is 0 Å². The number of nitrogens with one attached hydrogen (secondary N) is 1. The van der Waals surface area contributed by atoms with Gasteiger partial charge in [0.25, 0.3) is 5.69 Å². The average molecular weight is 386 g/mol. The number of non-ortho nitro benzene ring substituents is 1. The number of rotatable bonds is 7. The largest absolute Gasteiger partial charge is 0.369 e. The first-order valence-electron chi connectivity index (χ1n) is 9.71. The predicted octanol–water partition coefficient (Wildman–Crippen LogP) is 3.73. The molecule has 3 rings (SSSR count). The van der Waals surface area contributed by atoms with Gasteiger partial charge < -0.3 is 15.1 Å². The Morgan fingerprint density at radius 3 is 2.43 bits per heavy atom. The van der Waals surface area contributed by atoms with Crippen LogP contribution in [0.25, 0.3) is 0 Å². The monoisotopic (exact) mass is 386 g/mol. The third kappa shape index (κ3) is 4.85. The van der Waals surface area contributed by atoms with Gasteiger partial charge in [-0.1, -0.05) is 19.1 Å². The molecule has 2 aromatic rings. The van der Waals surface area contributed by atoms with Crippen molar-refractivity contribution in [2.45, 2.75) is 26.4 Å². The average Bonchev–Trinajstić information content (AvgIpc) is 2.72. The van der Waals surface area contributed by atoms with Crippen molar-refractivity contribution in [1.82, 2.24) is 10.2 Å². The van der Waals surface area contributed by atoms with Crippen molar-refractivity contribution in [3.8, 4) is 0 Å². The lowest BCUT2D eigenvalue weighted by Crippen LogP contribution is -2.46. The maximum atomic E-state index is 14.0. The predicted molar refractivity (Wildman–Crippen MR) is 109 cm³/mol. The minimum atomic E-state index is -0.406. The van der Waals surface area contributed by atoms with E-state index in [2.05, 4.69) is 22.0 Å². The number of likely N-dealkylation sites (N-methyl/N-ethyl adjacent to an activating group) is 1. The molecule has 0 aromatic heterocycles. The zero-order valence-corrected chi connectivity index (χ0v) is 16.4. The van der Waals surface area contributed by atoms with Crippen LogP contribution in [0.3, 0.4) is 0 Å². The molecule has 1 heterocycles. The second-order valence-corrected chi connectivity index (χ2v) is 7.15. The molecule has 6 nitrogen and oxygen atoms in total. The zero-order chi connectivity index (χ0) is 20.1. The molecule has 7 heteroatoms. The minimum Gasteiger partial charge on any atom is -0.369 e. The van der Waals surface area contributed by atoms with Crippen LogP contribution in [0.4, 0.5) is 15.8 Å². The summed E-state index contributed by atoms with van der Waals surface area (Å²) < 4.78 is 14.0. The molecule has 1 saturated heterocycles. The Bertz CT molecular complexity index is 805. The molecule has 0 saturated carbocycles. The van der Waals surface area contributed by atoms with Crippen LogP contribution in [0.1, 0.15) is 31.0 Å². The Labute approximate surface area is 165 Å². The number of benzene rings is 2. The summed E-state index contributed by atoms with van der Waals surface area (Å²) in [5, 5.41) is 14.2. The van der Waals surface area contributed by atoms with Crippen LogP contribution < -0.4 is 10.2 Å². The molecule has 1 atom stereocenters. The lowest BCUT2D eigenvalue weighted by atomic mass is 10.0. The summed E-state index contributed by atoms with van der Waals surface area (Å²) in [4.78, 5) is 15.1. The fourth-order valence-electron chi connectivity index (χ4n) is 3.58. The van der Waals surface area contributed by atoms with Crippen molar-refractivity contribution < 1.29 is 9.31 Å². The van der Waals surface area contributed by atoms with Gasteiger partial charge in [0.1, 0.15) is 5.82 Å². The molecule has 1 unspecified atom stereocenters. The molecular formula is C21H27FN4O2. The maximum absolute atomic E-state index is 14.0. The number of hydrogen-bond donors (Lipinski definition) is 1. The van der Waals surface area contributed by atoms with E-state index in [-0.39, 0.29) is 17.5 Å². The summed E-state index contributed by atoms with van der Waals surface area (Å²) in [6.45, 7) is 9.68. The first kappa shape index (κ1) is 20.2. The smallest absolute Gasteiger partial charge is 0.269 e. The summed E-state index contributed by atoms with van der Waals surface area (Å²) >= 11 is 0. The molecule has 1 aliphatic heterocycles.